The molecule has 2 heterocycles. The van der Waals surface area contributed by atoms with Gasteiger partial charge in [-0.3, -0.25) is 0 Å². The Labute approximate surface area is 169 Å². The van der Waals surface area contributed by atoms with Crippen LogP contribution in [0.2, 0.25) is 0 Å². The number of hydrogen-bond donors (Lipinski definition) is 0. The molecular weight excluding hydrogens is 394 g/mol. The molecule has 0 N–H and O–H groups in total. The third-order valence-electron chi connectivity index (χ3n) is 4.72. The van der Waals surface area contributed by atoms with Gasteiger partial charge in [-0.1, -0.05) is 18.2 Å². The van der Waals surface area contributed by atoms with Gasteiger partial charge in [0.15, 0.2) is 0 Å². The minimum atomic E-state index is -3.58. The molecule has 0 saturated carbocycles. The maximum atomic E-state index is 13.1. The van der Waals surface area contributed by atoms with Crippen LogP contribution >= 0.6 is 11.3 Å². The van der Waals surface area contributed by atoms with Crippen molar-refractivity contribution in [1.82, 2.24) is 4.31 Å². The van der Waals surface area contributed by atoms with E-state index in [1.165, 1.54) is 9.01 Å². The molecule has 1 aliphatic rings. The first-order valence-corrected chi connectivity index (χ1v) is 11.6. The van der Waals surface area contributed by atoms with Crippen molar-refractivity contribution in [3.05, 3.63) is 59.5 Å². The second-order valence-corrected chi connectivity index (χ2v) is 9.90. The number of sulfonamides is 1. The highest BCUT2D eigenvalue weighted by Crippen LogP contribution is 2.35. The van der Waals surface area contributed by atoms with Crippen LogP contribution in [0.5, 0.6) is 5.75 Å². The van der Waals surface area contributed by atoms with E-state index in [1.54, 1.807) is 35.6 Å². The fraction of sp³-hybridized carbons (Fsp3) is 0.333. The molecule has 0 radical (unpaired) electrons. The van der Waals surface area contributed by atoms with Crippen molar-refractivity contribution in [2.75, 3.05) is 19.7 Å². The summed E-state index contributed by atoms with van der Waals surface area (Å²) >= 11 is 1.66. The summed E-state index contributed by atoms with van der Waals surface area (Å²) in [4.78, 5) is 0.277. The van der Waals surface area contributed by atoms with Gasteiger partial charge in [0.2, 0.25) is 10.0 Å². The van der Waals surface area contributed by atoms with Crippen LogP contribution < -0.4 is 4.74 Å². The molecule has 1 saturated heterocycles. The Morgan fingerprint density at radius 1 is 1.14 bits per heavy atom. The topological polar surface area (TPSA) is 55.8 Å². The molecule has 7 heteroatoms. The van der Waals surface area contributed by atoms with E-state index < -0.39 is 10.0 Å². The van der Waals surface area contributed by atoms with Gasteiger partial charge in [-0.25, -0.2) is 8.42 Å². The zero-order valence-corrected chi connectivity index (χ0v) is 17.5. The van der Waals surface area contributed by atoms with Crippen molar-refractivity contribution in [2.45, 2.75) is 31.0 Å². The second-order valence-electron chi connectivity index (χ2n) is 7.05. The summed E-state index contributed by atoms with van der Waals surface area (Å²) in [5.74, 6) is 0.665. The molecule has 1 aliphatic heterocycles. The van der Waals surface area contributed by atoms with E-state index in [-0.39, 0.29) is 17.1 Å². The Kier molecular flexibility index (Phi) is 5.42. The molecule has 0 aliphatic carbocycles. The number of fused-ring (bicyclic) bond motifs is 1. The Balaban J connectivity index is 1.56. The molecule has 0 spiro atoms. The number of ether oxygens (including phenoxy) is 2. The molecular formula is C21H23NO4S2. The first-order valence-electron chi connectivity index (χ1n) is 9.30. The molecule has 1 atom stereocenters. The predicted molar refractivity (Wildman–Crippen MR) is 111 cm³/mol. The van der Waals surface area contributed by atoms with E-state index in [0.29, 0.717) is 25.4 Å². The monoisotopic (exact) mass is 417 g/mol. The van der Waals surface area contributed by atoms with Gasteiger partial charge in [-0.05, 0) is 54.9 Å². The van der Waals surface area contributed by atoms with Crippen LogP contribution in [0.4, 0.5) is 0 Å². The molecule has 148 valence electrons. The minimum Gasteiger partial charge on any atom is -0.491 e. The van der Waals surface area contributed by atoms with Crippen molar-refractivity contribution in [3.8, 4) is 5.75 Å². The molecule has 2 aromatic carbocycles. The Morgan fingerprint density at radius 2 is 1.89 bits per heavy atom. The third kappa shape index (κ3) is 3.80. The van der Waals surface area contributed by atoms with E-state index in [9.17, 15) is 8.42 Å². The largest absolute Gasteiger partial charge is 0.491 e. The summed E-state index contributed by atoms with van der Waals surface area (Å²) in [7, 11) is -3.58. The summed E-state index contributed by atoms with van der Waals surface area (Å²) in [5, 5.41) is 3.20. The summed E-state index contributed by atoms with van der Waals surface area (Å²) < 4.78 is 40.5. The predicted octanol–water partition coefficient (Wildman–Crippen LogP) is 4.45. The summed E-state index contributed by atoms with van der Waals surface area (Å²) in [6.07, 6.45) is -0.217. The van der Waals surface area contributed by atoms with Gasteiger partial charge >= 0.3 is 0 Å². The third-order valence-corrected chi connectivity index (χ3v) is 7.58. The zero-order chi connectivity index (χ0) is 19.7. The summed E-state index contributed by atoms with van der Waals surface area (Å²) in [6, 6.07) is 14.8. The second kappa shape index (κ2) is 7.83. The van der Waals surface area contributed by atoms with Crippen LogP contribution in [0.3, 0.4) is 0 Å². The molecule has 3 aromatic rings. The lowest BCUT2D eigenvalue weighted by molar-refractivity contribution is -0.00154. The molecule has 0 unspecified atom stereocenters. The van der Waals surface area contributed by atoms with E-state index in [2.05, 4.69) is 17.5 Å². The molecule has 1 fully saturated rings. The molecule has 5 nitrogen and oxygen atoms in total. The highest BCUT2D eigenvalue weighted by molar-refractivity contribution is 7.89. The Bertz CT molecular complexity index is 1060. The number of benzene rings is 2. The molecule has 0 amide bonds. The van der Waals surface area contributed by atoms with E-state index >= 15 is 0 Å². The maximum Gasteiger partial charge on any atom is 0.243 e. The lowest BCUT2D eigenvalue weighted by Gasteiger charge is -2.32. The first kappa shape index (κ1) is 19.4. The van der Waals surface area contributed by atoms with Gasteiger partial charge in [-0.2, -0.15) is 4.31 Å². The van der Waals surface area contributed by atoms with Gasteiger partial charge in [0.1, 0.15) is 5.75 Å². The van der Waals surface area contributed by atoms with Crippen LogP contribution in [0.1, 0.15) is 25.5 Å². The van der Waals surface area contributed by atoms with Crippen LogP contribution in [0.25, 0.3) is 10.1 Å². The SMILES string of the molecule is CC(C)Oc1ccc(S(=O)(=O)N2CCO[C@H](c3csc4ccccc34)C2)cc1. The lowest BCUT2D eigenvalue weighted by Crippen LogP contribution is -2.42. The molecule has 0 bridgehead atoms. The Hall–Kier alpha value is -1.93. The summed E-state index contributed by atoms with van der Waals surface area (Å²) in [6.45, 7) is 4.92. The van der Waals surface area contributed by atoms with Gasteiger partial charge in [0.05, 0.1) is 23.7 Å². The molecule has 28 heavy (non-hydrogen) atoms. The summed E-state index contributed by atoms with van der Waals surface area (Å²) in [5.41, 5.74) is 1.06. The van der Waals surface area contributed by atoms with Gasteiger partial charge < -0.3 is 9.47 Å². The van der Waals surface area contributed by atoms with Crippen molar-refractivity contribution in [1.29, 1.82) is 0 Å². The fourth-order valence-electron chi connectivity index (χ4n) is 3.39. The smallest absolute Gasteiger partial charge is 0.243 e. The minimum absolute atomic E-state index is 0.0443. The molecule has 4 rings (SSSR count). The standard InChI is InChI=1S/C21H23NO4S2/c1-15(2)26-16-7-9-17(10-8-16)28(23,24)22-11-12-25-20(13-22)19-14-27-21-6-4-3-5-18(19)21/h3-10,14-15,20H,11-13H2,1-2H3/t20-/m0/s1. The highest BCUT2D eigenvalue weighted by atomic mass is 32.2. The average Bonchev–Trinajstić information content (AvgIpc) is 3.12. The van der Waals surface area contributed by atoms with Crippen LogP contribution in [0.15, 0.2) is 58.8 Å². The number of rotatable bonds is 5. The maximum absolute atomic E-state index is 13.1. The quantitative estimate of drug-likeness (QED) is 0.615. The van der Waals surface area contributed by atoms with E-state index in [0.717, 1.165) is 10.9 Å². The van der Waals surface area contributed by atoms with Crippen LogP contribution in [-0.2, 0) is 14.8 Å². The van der Waals surface area contributed by atoms with Crippen molar-refractivity contribution >= 4 is 31.4 Å². The number of morpholine rings is 1. The first-order chi connectivity index (χ1) is 13.4. The number of nitrogens with zero attached hydrogens (tertiary/aromatic N) is 1. The van der Waals surface area contributed by atoms with Gasteiger partial charge in [-0.15, -0.1) is 11.3 Å². The van der Waals surface area contributed by atoms with E-state index in [1.807, 2.05) is 26.0 Å². The zero-order valence-electron chi connectivity index (χ0n) is 15.9. The normalized spacial score (nSPS) is 18.6. The van der Waals surface area contributed by atoms with Crippen molar-refractivity contribution in [2.24, 2.45) is 0 Å². The number of thiophene rings is 1. The molecule has 1 aromatic heterocycles. The number of hydrogen-bond acceptors (Lipinski definition) is 5. The van der Waals surface area contributed by atoms with Gasteiger partial charge in [0.25, 0.3) is 0 Å². The average molecular weight is 418 g/mol. The van der Waals surface area contributed by atoms with Crippen molar-refractivity contribution in [3.63, 3.8) is 0 Å². The Morgan fingerprint density at radius 3 is 2.64 bits per heavy atom. The van der Waals surface area contributed by atoms with E-state index in [4.69, 9.17) is 9.47 Å². The van der Waals surface area contributed by atoms with Crippen LogP contribution in [-0.4, -0.2) is 38.5 Å². The van der Waals surface area contributed by atoms with Crippen molar-refractivity contribution < 1.29 is 17.9 Å². The van der Waals surface area contributed by atoms with Crippen LogP contribution in [0, 0.1) is 0 Å². The fourth-order valence-corrected chi connectivity index (χ4v) is 5.82. The lowest BCUT2D eigenvalue weighted by atomic mass is 10.1. The van der Waals surface area contributed by atoms with Gasteiger partial charge in [0, 0.05) is 23.4 Å². The highest BCUT2D eigenvalue weighted by Gasteiger charge is 2.32.